The van der Waals surface area contributed by atoms with E-state index in [-0.39, 0.29) is 5.41 Å². The second-order valence-corrected chi connectivity index (χ2v) is 15.0. The van der Waals surface area contributed by atoms with Gasteiger partial charge in [-0.15, -0.1) is 0 Å². The number of aromatic nitrogens is 1. The third-order valence-electron chi connectivity index (χ3n) is 5.71. The molecule has 0 aliphatic heterocycles. The van der Waals surface area contributed by atoms with E-state index in [4.69, 9.17) is 1.37 Å². The molecule has 0 aliphatic rings. The summed E-state index contributed by atoms with van der Waals surface area (Å²) in [6.07, 6.45) is 0.549. The third-order valence-corrected chi connectivity index (χ3v) is 7.75. The lowest BCUT2D eigenvalue weighted by Crippen LogP contribution is -2.37. The summed E-state index contributed by atoms with van der Waals surface area (Å²) in [7, 11) is 0.616. The summed E-state index contributed by atoms with van der Waals surface area (Å²) in [6.45, 7) is 18.3. The zero-order chi connectivity index (χ0) is 21.0. The van der Waals surface area contributed by atoms with Gasteiger partial charge in [0.25, 0.3) is 0 Å². The summed E-state index contributed by atoms with van der Waals surface area (Å²) in [5.41, 5.74) is 6.43. The SMILES string of the molecule is [2H]c1cc2cc([Si](C)(C)C)ccc2c(-c2cc(C(C)(C)C)cc(C)c2C)[n+]1C. The molecule has 3 aromatic rings. The molecule has 0 unspecified atom stereocenters. The second kappa shape index (κ2) is 6.59. The van der Waals surface area contributed by atoms with Crippen LogP contribution in [0.4, 0.5) is 0 Å². The van der Waals surface area contributed by atoms with Gasteiger partial charge in [-0.25, -0.2) is 4.57 Å². The summed E-state index contributed by atoms with van der Waals surface area (Å²) < 4.78 is 10.6. The Morgan fingerprint density at radius 2 is 1.63 bits per heavy atom. The zero-order valence-electron chi connectivity index (χ0n) is 19.4. The van der Waals surface area contributed by atoms with Gasteiger partial charge >= 0.3 is 0 Å². The minimum atomic E-state index is -1.40. The van der Waals surface area contributed by atoms with Gasteiger partial charge in [0.1, 0.15) is 8.42 Å². The van der Waals surface area contributed by atoms with Crippen LogP contribution in [0, 0.1) is 13.8 Å². The molecule has 0 atom stereocenters. The number of pyridine rings is 1. The van der Waals surface area contributed by atoms with E-state index in [0.717, 1.165) is 5.69 Å². The van der Waals surface area contributed by atoms with E-state index >= 15 is 0 Å². The van der Waals surface area contributed by atoms with E-state index in [1.54, 1.807) is 0 Å². The highest BCUT2D eigenvalue weighted by Gasteiger charge is 2.23. The van der Waals surface area contributed by atoms with Gasteiger partial charge in [0.15, 0.2) is 6.17 Å². The van der Waals surface area contributed by atoms with Gasteiger partial charge in [0.2, 0.25) is 5.69 Å². The largest absolute Gasteiger partial charge is 0.220 e. The minimum Gasteiger partial charge on any atom is -0.200 e. The van der Waals surface area contributed by atoms with E-state index in [1.165, 1.54) is 38.2 Å². The van der Waals surface area contributed by atoms with Crippen LogP contribution in [0.15, 0.2) is 42.6 Å². The van der Waals surface area contributed by atoms with Gasteiger partial charge in [-0.1, -0.05) is 63.8 Å². The Morgan fingerprint density at radius 1 is 0.963 bits per heavy atom. The molecule has 3 rings (SSSR count). The lowest BCUT2D eigenvalue weighted by molar-refractivity contribution is -0.659. The molecule has 0 amide bonds. The highest BCUT2D eigenvalue weighted by molar-refractivity contribution is 6.88. The van der Waals surface area contributed by atoms with Crippen LogP contribution >= 0.6 is 0 Å². The first-order chi connectivity index (χ1) is 12.8. The van der Waals surface area contributed by atoms with Crippen molar-refractivity contribution in [2.45, 2.75) is 59.7 Å². The molecule has 1 nitrogen and oxygen atoms in total. The van der Waals surface area contributed by atoms with Crippen molar-refractivity contribution >= 4 is 24.0 Å². The molecule has 0 saturated carbocycles. The fourth-order valence-corrected chi connectivity index (χ4v) is 4.81. The Hall–Kier alpha value is -1.93. The number of hydrogen-bond acceptors (Lipinski definition) is 0. The lowest BCUT2D eigenvalue weighted by atomic mass is 9.83. The normalized spacial score (nSPS) is 13.1. The molecule has 1 heterocycles. The molecule has 2 heteroatoms. The molecular weight excluding hydrogens is 342 g/mol. The van der Waals surface area contributed by atoms with Crippen LogP contribution < -0.4 is 9.75 Å². The van der Waals surface area contributed by atoms with Gasteiger partial charge in [-0.2, -0.15) is 0 Å². The van der Waals surface area contributed by atoms with Crippen molar-refractivity contribution in [3.8, 4) is 11.3 Å². The Labute approximate surface area is 167 Å². The fourth-order valence-electron chi connectivity index (χ4n) is 3.64. The van der Waals surface area contributed by atoms with Gasteiger partial charge in [-0.3, -0.25) is 0 Å². The summed E-state index contributed by atoms with van der Waals surface area (Å²) in [5, 5.41) is 3.85. The van der Waals surface area contributed by atoms with Gasteiger partial charge < -0.3 is 0 Å². The second-order valence-electron chi connectivity index (χ2n) is 9.95. The average Bonchev–Trinajstić information content (AvgIpc) is 2.56. The van der Waals surface area contributed by atoms with Crippen LogP contribution in [0.2, 0.25) is 19.6 Å². The zero-order valence-corrected chi connectivity index (χ0v) is 19.4. The minimum absolute atomic E-state index is 0.0885. The summed E-state index contributed by atoms with van der Waals surface area (Å²) in [4.78, 5) is 0. The molecule has 0 fully saturated rings. The number of rotatable bonds is 2. The molecule has 0 radical (unpaired) electrons. The Morgan fingerprint density at radius 3 is 2.22 bits per heavy atom. The fraction of sp³-hybridized carbons (Fsp3) is 0.400. The maximum atomic E-state index is 8.59. The summed E-state index contributed by atoms with van der Waals surface area (Å²) in [6, 6.07) is 13.6. The van der Waals surface area contributed by atoms with E-state index < -0.39 is 8.07 Å². The number of fused-ring (bicyclic) bond motifs is 1. The van der Waals surface area contributed by atoms with Crippen molar-refractivity contribution in [3.05, 3.63) is 59.3 Å². The van der Waals surface area contributed by atoms with Crippen LogP contribution in [-0.2, 0) is 12.5 Å². The molecular formula is C25H34NSi+. The van der Waals surface area contributed by atoms with E-state index in [0.29, 0.717) is 6.17 Å². The van der Waals surface area contributed by atoms with Crippen molar-refractivity contribution in [1.29, 1.82) is 0 Å². The maximum absolute atomic E-state index is 8.59. The Balaban J connectivity index is 2.41. The summed E-state index contributed by atoms with van der Waals surface area (Å²) in [5.74, 6) is 0. The standard InChI is InChI=1S/C25H34NSi/c1-17-14-20(25(3,4)5)16-23(18(17)2)24-22-11-10-21(27(7,8)9)15-19(22)12-13-26(24)6/h10-16H,1-9H3/q+1/i13D. The molecule has 1 aromatic heterocycles. The summed E-state index contributed by atoms with van der Waals surface area (Å²) >= 11 is 0. The Kier molecular flexibility index (Phi) is 4.50. The molecule has 0 aliphatic carbocycles. The van der Waals surface area contributed by atoms with Crippen molar-refractivity contribution in [1.82, 2.24) is 0 Å². The first-order valence-electron chi connectivity index (χ1n) is 10.4. The Bertz CT molecular complexity index is 1070. The van der Waals surface area contributed by atoms with Crippen LogP contribution in [0.25, 0.3) is 22.0 Å². The van der Waals surface area contributed by atoms with Crippen molar-refractivity contribution in [3.63, 3.8) is 0 Å². The van der Waals surface area contributed by atoms with E-state index in [2.05, 4.69) is 84.6 Å². The van der Waals surface area contributed by atoms with Crippen molar-refractivity contribution in [2.75, 3.05) is 0 Å². The highest BCUT2D eigenvalue weighted by atomic mass is 28.3. The quantitative estimate of drug-likeness (QED) is 0.393. The van der Waals surface area contributed by atoms with Crippen LogP contribution in [-0.4, -0.2) is 8.07 Å². The molecule has 142 valence electrons. The first kappa shape index (κ1) is 18.4. The molecule has 0 spiro atoms. The monoisotopic (exact) mass is 377 g/mol. The molecule has 0 saturated heterocycles. The molecule has 27 heavy (non-hydrogen) atoms. The van der Waals surface area contributed by atoms with Gasteiger partial charge in [0, 0.05) is 6.07 Å². The van der Waals surface area contributed by atoms with Gasteiger partial charge in [0.05, 0.1) is 19.0 Å². The van der Waals surface area contributed by atoms with Crippen LogP contribution in [0.5, 0.6) is 0 Å². The number of hydrogen-bond donors (Lipinski definition) is 0. The molecule has 2 aromatic carbocycles. The molecule has 0 bridgehead atoms. The average molecular weight is 378 g/mol. The maximum Gasteiger partial charge on any atom is 0.220 e. The van der Waals surface area contributed by atoms with Crippen LogP contribution in [0.3, 0.4) is 0 Å². The number of aryl methyl sites for hydroxylation is 1. The van der Waals surface area contributed by atoms with E-state index in [9.17, 15) is 0 Å². The van der Waals surface area contributed by atoms with Crippen molar-refractivity contribution in [2.24, 2.45) is 7.05 Å². The predicted octanol–water partition coefficient (Wildman–Crippen LogP) is 5.79. The van der Waals surface area contributed by atoms with Gasteiger partial charge in [-0.05, 0) is 53.5 Å². The predicted molar refractivity (Wildman–Crippen MR) is 122 cm³/mol. The first-order valence-corrected chi connectivity index (χ1v) is 13.4. The van der Waals surface area contributed by atoms with Crippen molar-refractivity contribution < 1.29 is 5.94 Å². The van der Waals surface area contributed by atoms with E-state index in [1.807, 2.05) is 17.7 Å². The number of benzene rings is 2. The number of nitrogens with zero attached hydrogens (tertiary/aromatic N) is 1. The topological polar surface area (TPSA) is 3.88 Å². The van der Waals surface area contributed by atoms with Crippen LogP contribution in [0.1, 0.15) is 38.8 Å². The highest BCUT2D eigenvalue weighted by Crippen LogP contribution is 2.34. The third kappa shape index (κ3) is 3.73. The molecule has 0 N–H and O–H groups in total. The smallest absolute Gasteiger partial charge is 0.200 e. The lowest BCUT2D eigenvalue weighted by Gasteiger charge is -2.22.